The SMILES string of the molecule is Cc1cc(C)cc(N2CC(C(=O)Nc3ccc(F)c([N+](=O)[O-])c3)CC2=O)c1. The summed E-state index contributed by atoms with van der Waals surface area (Å²) >= 11 is 0. The Morgan fingerprint density at radius 3 is 2.52 bits per heavy atom. The lowest BCUT2D eigenvalue weighted by Gasteiger charge is -2.18. The minimum atomic E-state index is -0.977. The summed E-state index contributed by atoms with van der Waals surface area (Å²) in [5.74, 6) is -2.17. The minimum absolute atomic E-state index is 0.0438. The number of amides is 2. The molecule has 0 bridgehead atoms. The van der Waals surface area contributed by atoms with E-state index in [1.54, 1.807) is 4.90 Å². The van der Waals surface area contributed by atoms with Crippen LogP contribution < -0.4 is 10.2 Å². The lowest BCUT2D eigenvalue weighted by atomic mass is 10.1. The highest BCUT2D eigenvalue weighted by molar-refractivity contribution is 6.03. The van der Waals surface area contributed by atoms with Gasteiger partial charge >= 0.3 is 5.69 Å². The highest BCUT2D eigenvalue weighted by Gasteiger charge is 2.35. The quantitative estimate of drug-likeness (QED) is 0.659. The number of halogens is 1. The second kappa shape index (κ2) is 7.14. The normalized spacial score (nSPS) is 16.5. The molecule has 1 fully saturated rings. The van der Waals surface area contributed by atoms with Gasteiger partial charge in [-0.3, -0.25) is 19.7 Å². The molecular formula is C19H18FN3O4. The van der Waals surface area contributed by atoms with E-state index in [1.807, 2.05) is 32.0 Å². The zero-order valence-corrected chi connectivity index (χ0v) is 14.9. The van der Waals surface area contributed by atoms with Gasteiger partial charge in [-0.25, -0.2) is 0 Å². The summed E-state index contributed by atoms with van der Waals surface area (Å²) in [6.45, 7) is 4.09. The molecule has 1 aliphatic heterocycles. The second-order valence-corrected chi connectivity index (χ2v) is 6.66. The van der Waals surface area contributed by atoms with Gasteiger partial charge in [0.05, 0.1) is 10.8 Å². The molecular weight excluding hydrogens is 353 g/mol. The summed E-state index contributed by atoms with van der Waals surface area (Å²) in [5.41, 5.74) is 2.18. The summed E-state index contributed by atoms with van der Waals surface area (Å²) in [6.07, 6.45) is 0.0438. The van der Waals surface area contributed by atoms with Crippen molar-refractivity contribution < 1.29 is 18.9 Å². The molecule has 2 aromatic carbocycles. The van der Waals surface area contributed by atoms with E-state index in [4.69, 9.17) is 0 Å². The van der Waals surface area contributed by atoms with Gasteiger partial charge < -0.3 is 10.2 Å². The predicted molar refractivity (Wildman–Crippen MR) is 98.1 cm³/mol. The molecule has 8 heteroatoms. The van der Waals surface area contributed by atoms with E-state index in [2.05, 4.69) is 5.32 Å². The van der Waals surface area contributed by atoms with Gasteiger partial charge in [0.1, 0.15) is 0 Å². The number of rotatable bonds is 4. The molecule has 1 heterocycles. The summed E-state index contributed by atoms with van der Waals surface area (Å²) in [4.78, 5) is 36.4. The average Bonchev–Trinajstić information content (AvgIpc) is 2.97. The predicted octanol–water partition coefficient (Wildman–Crippen LogP) is 3.34. The molecule has 0 saturated carbocycles. The van der Waals surface area contributed by atoms with Crippen molar-refractivity contribution in [3.63, 3.8) is 0 Å². The summed E-state index contributed by atoms with van der Waals surface area (Å²) in [6, 6.07) is 8.90. The Morgan fingerprint density at radius 2 is 1.89 bits per heavy atom. The molecule has 2 aromatic rings. The third-order valence-corrected chi connectivity index (χ3v) is 4.42. The maximum absolute atomic E-state index is 13.4. The van der Waals surface area contributed by atoms with Crippen molar-refractivity contribution >= 4 is 28.9 Å². The smallest absolute Gasteiger partial charge is 0.306 e. The van der Waals surface area contributed by atoms with Crippen molar-refractivity contribution in [2.45, 2.75) is 20.3 Å². The number of carbonyl (C=O) groups excluding carboxylic acids is 2. The first-order valence-corrected chi connectivity index (χ1v) is 8.38. The zero-order valence-electron chi connectivity index (χ0n) is 14.9. The van der Waals surface area contributed by atoms with Gasteiger partial charge in [0.25, 0.3) is 0 Å². The Bertz CT molecular complexity index is 924. The van der Waals surface area contributed by atoms with Crippen molar-refractivity contribution in [3.8, 4) is 0 Å². The van der Waals surface area contributed by atoms with Gasteiger partial charge in [-0.1, -0.05) is 6.07 Å². The third kappa shape index (κ3) is 3.94. The number of benzene rings is 2. The van der Waals surface area contributed by atoms with Crippen molar-refractivity contribution in [2.75, 3.05) is 16.8 Å². The number of carbonyl (C=O) groups is 2. The molecule has 1 atom stereocenters. The number of nitro groups is 1. The van der Waals surface area contributed by atoms with Crippen molar-refractivity contribution in [1.29, 1.82) is 0 Å². The van der Waals surface area contributed by atoms with Crippen LogP contribution in [0.3, 0.4) is 0 Å². The van der Waals surface area contributed by atoms with Crippen LogP contribution in [-0.2, 0) is 9.59 Å². The van der Waals surface area contributed by atoms with Gasteiger partial charge in [-0.15, -0.1) is 0 Å². The molecule has 0 radical (unpaired) electrons. The largest absolute Gasteiger partial charge is 0.326 e. The molecule has 0 aromatic heterocycles. The van der Waals surface area contributed by atoms with Crippen molar-refractivity contribution in [2.24, 2.45) is 5.92 Å². The number of aryl methyl sites for hydroxylation is 2. The number of nitrogens with one attached hydrogen (secondary N) is 1. The molecule has 140 valence electrons. The monoisotopic (exact) mass is 371 g/mol. The molecule has 1 aliphatic rings. The van der Waals surface area contributed by atoms with Crippen LogP contribution in [-0.4, -0.2) is 23.3 Å². The molecule has 27 heavy (non-hydrogen) atoms. The van der Waals surface area contributed by atoms with E-state index in [0.717, 1.165) is 28.9 Å². The molecule has 1 N–H and O–H groups in total. The Morgan fingerprint density at radius 1 is 1.22 bits per heavy atom. The third-order valence-electron chi connectivity index (χ3n) is 4.42. The lowest BCUT2D eigenvalue weighted by Crippen LogP contribution is -2.28. The number of nitrogens with zero attached hydrogens (tertiary/aromatic N) is 2. The number of nitro benzene ring substituents is 1. The molecule has 2 amide bonds. The van der Waals surface area contributed by atoms with E-state index in [-0.39, 0.29) is 24.6 Å². The maximum atomic E-state index is 13.4. The lowest BCUT2D eigenvalue weighted by molar-refractivity contribution is -0.387. The maximum Gasteiger partial charge on any atom is 0.306 e. The Balaban J connectivity index is 1.74. The van der Waals surface area contributed by atoms with Crippen LogP contribution in [0.5, 0.6) is 0 Å². The first-order valence-electron chi connectivity index (χ1n) is 8.38. The van der Waals surface area contributed by atoms with Crippen LogP contribution in [0.2, 0.25) is 0 Å². The van der Waals surface area contributed by atoms with Crippen molar-refractivity contribution in [1.82, 2.24) is 0 Å². The van der Waals surface area contributed by atoms with Gasteiger partial charge in [-0.2, -0.15) is 4.39 Å². The van der Waals surface area contributed by atoms with E-state index >= 15 is 0 Å². The highest BCUT2D eigenvalue weighted by Crippen LogP contribution is 2.28. The molecule has 0 aliphatic carbocycles. The summed E-state index contributed by atoms with van der Waals surface area (Å²) in [7, 11) is 0. The van der Waals surface area contributed by atoms with Crippen molar-refractivity contribution in [3.05, 3.63) is 63.5 Å². The summed E-state index contributed by atoms with van der Waals surface area (Å²) < 4.78 is 13.4. The van der Waals surface area contributed by atoms with Gasteiger partial charge in [-0.05, 0) is 49.2 Å². The fraction of sp³-hybridized carbons (Fsp3) is 0.263. The van der Waals surface area contributed by atoms with Crippen LogP contribution >= 0.6 is 0 Å². The fourth-order valence-corrected chi connectivity index (χ4v) is 3.21. The van der Waals surface area contributed by atoms with Crippen LogP contribution in [0.1, 0.15) is 17.5 Å². The highest BCUT2D eigenvalue weighted by atomic mass is 19.1. The summed E-state index contributed by atoms with van der Waals surface area (Å²) in [5, 5.41) is 13.3. The molecule has 0 spiro atoms. The standard InChI is InChI=1S/C19H18FN3O4/c1-11-5-12(2)7-15(6-11)22-10-13(8-18(22)24)19(25)21-14-3-4-16(20)17(9-14)23(26)27/h3-7,9,13H,8,10H2,1-2H3,(H,21,25). The Kier molecular flexibility index (Phi) is 4.89. The molecule has 3 rings (SSSR count). The zero-order chi connectivity index (χ0) is 19.7. The van der Waals surface area contributed by atoms with Gasteiger partial charge in [0.15, 0.2) is 0 Å². The molecule has 1 saturated heterocycles. The van der Waals surface area contributed by atoms with Crippen LogP contribution in [0.25, 0.3) is 0 Å². The van der Waals surface area contributed by atoms with Crippen LogP contribution in [0.4, 0.5) is 21.5 Å². The fourth-order valence-electron chi connectivity index (χ4n) is 3.21. The molecule has 1 unspecified atom stereocenters. The second-order valence-electron chi connectivity index (χ2n) is 6.66. The van der Waals surface area contributed by atoms with E-state index in [1.165, 1.54) is 6.07 Å². The minimum Gasteiger partial charge on any atom is -0.326 e. The van der Waals surface area contributed by atoms with E-state index in [0.29, 0.717) is 0 Å². The topological polar surface area (TPSA) is 92.6 Å². The van der Waals surface area contributed by atoms with Crippen LogP contribution in [0.15, 0.2) is 36.4 Å². The molecule has 7 nitrogen and oxygen atoms in total. The Labute approximate surface area is 154 Å². The Hall–Kier alpha value is -3.29. The van der Waals surface area contributed by atoms with E-state index < -0.39 is 28.3 Å². The number of hydrogen-bond acceptors (Lipinski definition) is 4. The van der Waals surface area contributed by atoms with Gasteiger partial charge in [0, 0.05) is 30.4 Å². The van der Waals surface area contributed by atoms with Gasteiger partial charge in [0.2, 0.25) is 17.6 Å². The number of anilines is 2. The number of hydrogen-bond donors (Lipinski definition) is 1. The van der Waals surface area contributed by atoms with Crippen LogP contribution in [0, 0.1) is 35.7 Å². The first kappa shape index (κ1) is 18.5. The first-order chi connectivity index (χ1) is 12.7. The van der Waals surface area contributed by atoms with E-state index in [9.17, 15) is 24.1 Å². The average molecular weight is 371 g/mol.